The van der Waals surface area contributed by atoms with E-state index >= 15 is 0 Å². The number of hydrogen-bond acceptors (Lipinski definition) is 2. The molecule has 12 heavy (non-hydrogen) atoms. The summed E-state index contributed by atoms with van der Waals surface area (Å²) in [5, 5.41) is -0.272. The third kappa shape index (κ3) is 1.33. The van der Waals surface area contributed by atoms with E-state index < -0.39 is 11.7 Å². The van der Waals surface area contributed by atoms with Gasteiger partial charge in [0.1, 0.15) is 5.82 Å². The number of rotatable bonds is 1. The molecule has 0 spiro atoms. The van der Waals surface area contributed by atoms with Gasteiger partial charge < -0.3 is 11.5 Å². The first kappa shape index (κ1) is 8.80. The molecule has 0 aliphatic rings. The van der Waals surface area contributed by atoms with Crippen molar-refractivity contribution in [3.63, 3.8) is 0 Å². The van der Waals surface area contributed by atoms with Gasteiger partial charge in [-0.1, -0.05) is 11.6 Å². The fourth-order valence-electron chi connectivity index (χ4n) is 0.781. The summed E-state index contributed by atoms with van der Waals surface area (Å²) in [6.45, 7) is 0. The van der Waals surface area contributed by atoms with E-state index in [1.165, 1.54) is 6.07 Å². The highest BCUT2D eigenvalue weighted by molar-refractivity contribution is 6.34. The van der Waals surface area contributed by atoms with Gasteiger partial charge in [-0.05, 0) is 12.1 Å². The van der Waals surface area contributed by atoms with E-state index in [1.807, 2.05) is 0 Å². The van der Waals surface area contributed by atoms with Gasteiger partial charge in [0.15, 0.2) is 0 Å². The lowest BCUT2D eigenvalue weighted by Gasteiger charge is -2.03. The van der Waals surface area contributed by atoms with E-state index in [2.05, 4.69) is 0 Å². The van der Waals surface area contributed by atoms with Crippen molar-refractivity contribution in [1.82, 2.24) is 0 Å². The van der Waals surface area contributed by atoms with Crippen LogP contribution in [0, 0.1) is 5.82 Å². The molecule has 0 aliphatic carbocycles. The quantitative estimate of drug-likeness (QED) is 0.650. The van der Waals surface area contributed by atoms with Crippen LogP contribution in [-0.4, -0.2) is 5.91 Å². The average molecular weight is 189 g/mol. The molecular formula is C7H6ClFN2O. The lowest BCUT2D eigenvalue weighted by Crippen LogP contribution is -2.13. The van der Waals surface area contributed by atoms with Crippen molar-refractivity contribution in [3.8, 4) is 0 Å². The zero-order valence-electron chi connectivity index (χ0n) is 5.97. The third-order valence-electron chi connectivity index (χ3n) is 1.40. The van der Waals surface area contributed by atoms with E-state index in [4.69, 9.17) is 23.1 Å². The SMILES string of the molecule is NC(=O)c1ccc(F)c(Cl)c1N. The molecule has 0 atom stereocenters. The van der Waals surface area contributed by atoms with E-state index in [9.17, 15) is 9.18 Å². The number of carbonyl (C=O) groups excluding carboxylic acids is 1. The smallest absolute Gasteiger partial charge is 0.250 e. The molecule has 0 saturated carbocycles. The maximum absolute atomic E-state index is 12.7. The van der Waals surface area contributed by atoms with Crippen LogP contribution in [0.5, 0.6) is 0 Å². The number of nitrogens with two attached hydrogens (primary N) is 2. The molecule has 1 aromatic rings. The van der Waals surface area contributed by atoms with Crippen molar-refractivity contribution in [2.24, 2.45) is 5.73 Å². The molecule has 0 aromatic heterocycles. The molecule has 1 amide bonds. The number of amides is 1. The number of halogens is 2. The first-order valence-corrected chi connectivity index (χ1v) is 3.45. The van der Waals surface area contributed by atoms with Gasteiger partial charge in [0.05, 0.1) is 16.3 Å². The van der Waals surface area contributed by atoms with Crippen molar-refractivity contribution >= 4 is 23.2 Å². The second-order valence-corrected chi connectivity index (χ2v) is 2.56. The van der Waals surface area contributed by atoms with E-state index in [0.29, 0.717) is 0 Å². The molecule has 1 aromatic carbocycles. The van der Waals surface area contributed by atoms with Crippen LogP contribution in [0.25, 0.3) is 0 Å². The zero-order chi connectivity index (χ0) is 9.30. The van der Waals surface area contributed by atoms with E-state index in [-0.39, 0.29) is 16.3 Å². The third-order valence-corrected chi connectivity index (χ3v) is 1.78. The fraction of sp³-hybridized carbons (Fsp3) is 0. The molecule has 0 aliphatic heterocycles. The van der Waals surface area contributed by atoms with Crippen molar-refractivity contribution in [1.29, 1.82) is 0 Å². The molecule has 3 nitrogen and oxygen atoms in total. The van der Waals surface area contributed by atoms with Crippen LogP contribution in [0.2, 0.25) is 5.02 Å². The van der Waals surface area contributed by atoms with Crippen molar-refractivity contribution < 1.29 is 9.18 Å². The van der Waals surface area contributed by atoms with Gasteiger partial charge in [-0.25, -0.2) is 4.39 Å². The summed E-state index contributed by atoms with van der Waals surface area (Å²) in [5.41, 5.74) is 10.2. The van der Waals surface area contributed by atoms with Gasteiger partial charge >= 0.3 is 0 Å². The number of benzene rings is 1. The van der Waals surface area contributed by atoms with Crippen LogP contribution in [-0.2, 0) is 0 Å². The highest BCUT2D eigenvalue weighted by atomic mass is 35.5. The number of anilines is 1. The average Bonchev–Trinajstić information content (AvgIpc) is 2.00. The second kappa shape index (κ2) is 2.98. The Kier molecular flexibility index (Phi) is 2.19. The van der Waals surface area contributed by atoms with Crippen molar-refractivity contribution in [3.05, 3.63) is 28.5 Å². The Morgan fingerprint density at radius 3 is 2.58 bits per heavy atom. The first-order chi connectivity index (χ1) is 5.54. The predicted molar refractivity (Wildman–Crippen MR) is 44.3 cm³/mol. The van der Waals surface area contributed by atoms with Crippen LogP contribution in [0.3, 0.4) is 0 Å². The number of primary amides is 1. The highest BCUT2D eigenvalue weighted by Gasteiger charge is 2.11. The fourth-order valence-corrected chi connectivity index (χ4v) is 0.946. The van der Waals surface area contributed by atoms with Crippen LogP contribution in [0.1, 0.15) is 10.4 Å². The largest absolute Gasteiger partial charge is 0.397 e. The molecule has 0 heterocycles. The Hall–Kier alpha value is -1.29. The highest BCUT2D eigenvalue weighted by Crippen LogP contribution is 2.25. The summed E-state index contributed by atoms with van der Waals surface area (Å²) < 4.78 is 12.7. The summed E-state index contributed by atoms with van der Waals surface area (Å²) in [6, 6.07) is 2.23. The molecule has 4 N–H and O–H groups in total. The zero-order valence-corrected chi connectivity index (χ0v) is 6.73. The maximum Gasteiger partial charge on any atom is 0.250 e. The maximum atomic E-state index is 12.7. The lowest BCUT2D eigenvalue weighted by molar-refractivity contribution is 0.100. The summed E-state index contributed by atoms with van der Waals surface area (Å²) in [5.74, 6) is -1.39. The number of hydrogen-bond donors (Lipinski definition) is 2. The molecule has 0 radical (unpaired) electrons. The molecule has 0 fully saturated rings. The Morgan fingerprint density at radius 2 is 2.08 bits per heavy atom. The molecule has 1 rings (SSSR count). The standard InChI is InChI=1S/C7H6ClFN2O/c8-5-4(9)2-1-3(6(5)10)7(11)12/h1-2H,10H2,(H2,11,12). The summed E-state index contributed by atoms with van der Waals surface area (Å²) in [6.07, 6.45) is 0. The molecule has 0 unspecified atom stereocenters. The minimum Gasteiger partial charge on any atom is -0.397 e. The minimum atomic E-state index is -0.727. The van der Waals surface area contributed by atoms with Gasteiger partial charge in [-0.2, -0.15) is 0 Å². The van der Waals surface area contributed by atoms with Gasteiger partial charge in [0.2, 0.25) is 0 Å². The van der Waals surface area contributed by atoms with Crippen LogP contribution in [0.4, 0.5) is 10.1 Å². The molecule has 64 valence electrons. The van der Waals surface area contributed by atoms with E-state index in [1.54, 1.807) is 0 Å². The topological polar surface area (TPSA) is 69.1 Å². The lowest BCUT2D eigenvalue weighted by atomic mass is 10.1. The van der Waals surface area contributed by atoms with Gasteiger partial charge in [-0.3, -0.25) is 4.79 Å². The van der Waals surface area contributed by atoms with E-state index in [0.717, 1.165) is 6.07 Å². The molecule has 5 heteroatoms. The first-order valence-electron chi connectivity index (χ1n) is 3.07. The van der Waals surface area contributed by atoms with Crippen LogP contribution < -0.4 is 11.5 Å². The Balaban J connectivity index is 3.36. The summed E-state index contributed by atoms with van der Waals surface area (Å²) >= 11 is 5.42. The molecule has 0 saturated heterocycles. The normalized spacial score (nSPS) is 9.83. The van der Waals surface area contributed by atoms with Gasteiger partial charge in [0.25, 0.3) is 5.91 Å². The molecular weight excluding hydrogens is 183 g/mol. The predicted octanol–water partition coefficient (Wildman–Crippen LogP) is 1.16. The monoisotopic (exact) mass is 188 g/mol. The van der Waals surface area contributed by atoms with Crippen molar-refractivity contribution in [2.75, 3.05) is 5.73 Å². The number of nitrogen functional groups attached to an aromatic ring is 1. The van der Waals surface area contributed by atoms with Crippen LogP contribution in [0.15, 0.2) is 12.1 Å². The Labute approximate surface area is 73.1 Å². The summed E-state index contributed by atoms with van der Waals surface area (Å²) in [4.78, 5) is 10.6. The van der Waals surface area contributed by atoms with Gasteiger partial charge in [-0.15, -0.1) is 0 Å². The second-order valence-electron chi connectivity index (χ2n) is 2.19. The van der Waals surface area contributed by atoms with Crippen molar-refractivity contribution in [2.45, 2.75) is 0 Å². The Morgan fingerprint density at radius 1 is 1.50 bits per heavy atom. The Bertz CT molecular complexity index is 340. The van der Waals surface area contributed by atoms with Gasteiger partial charge in [0, 0.05) is 0 Å². The number of carbonyl (C=O) groups is 1. The summed E-state index contributed by atoms with van der Waals surface area (Å²) in [7, 11) is 0. The van der Waals surface area contributed by atoms with Crippen LogP contribution >= 0.6 is 11.6 Å². The minimum absolute atomic E-state index is 0.0291. The molecule has 0 bridgehead atoms.